The molecule has 7 heteroatoms. The largest absolute Gasteiger partial charge is 0.316 e. The summed E-state index contributed by atoms with van der Waals surface area (Å²) >= 11 is 0. The molecule has 1 saturated carbocycles. The highest BCUT2D eigenvalue weighted by Crippen LogP contribution is 2.32. The van der Waals surface area contributed by atoms with Crippen molar-refractivity contribution in [2.45, 2.75) is 63.6 Å². The van der Waals surface area contributed by atoms with Crippen molar-refractivity contribution < 1.29 is 0 Å². The van der Waals surface area contributed by atoms with Gasteiger partial charge < -0.3 is 9.88 Å². The van der Waals surface area contributed by atoms with Crippen LogP contribution < -0.4 is 10.9 Å². The Labute approximate surface area is 187 Å². The number of fused-ring (bicyclic) bond motifs is 4. The third-order valence-corrected chi connectivity index (χ3v) is 7.48. The van der Waals surface area contributed by atoms with Gasteiger partial charge in [0.15, 0.2) is 0 Å². The number of pyridine rings is 1. The minimum Gasteiger partial charge on any atom is -0.316 e. The fraction of sp³-hybridized carbons (Fsp3) is 0.773. The maximum absolute atomic E-state index is 13.1. The summed E-state index contributed by atoms with van der Waals surface area (Å²) in [5.74, 6) is 1.15. The lowest BCUT2D eigenvalue weighted by Gasteiger charge is -2.41. The first-order valence-corrected chi connectivity index (χ1v) is 11.2. The topological polar surface area (TPSA) is 40.5 Å². The van der Waals surface area contributed by atoms with E-state index in [0.29, 0.717) is 11.8 Å². The summed E-state index contributed by atoms with van der Waals surface area (Å²) in [5.41, 5.74) is 2.53. The third-order valence-electron chi connectivity index (χ3n) is 7.48. The first-order chi connectivity index (χ1) is 13.3. The van der Waals surface area contributed by atoms with Gasteiger partial charge in [-0.2, -0.15) is 0 Å². The van der Waals surface area contributed by atoms with Crippen LogP contribution in [0.1, 0.15) is 55.7 Å². The Hall–Kier alpha value is -0.590. The number of rotatable bonds is 3. The Morgan fingerprint density at radius 1 is 0.966 bits per heavy atom. The Morgan fingerprint density at radius 2 is 1.72 bits per heavy atom. The van der Waals surface area contributed by atoms with Gasteiger partial charge in [-0.3, -0.25) is 14.6 Å². The zero-order valence-corrected chi connectivity index (χ0v) is 19.0. The Bertz CT molecular complexity index is 726. The second-order valence-electron chi connectivity index (χ2n) is 9.26. The van der Waals surface area contributed by atoms with Crippen molar-refractivity contribution in [3.63, 3.8) is 0 Å². The highest BCUT2D eigenvalue weighted by molar-refractivity contribution is 5.85. The van der Waals surface area contributed by atoms with Crippen LogP contribution in [0.3, 0.4) is 0 Å². The van der Waals surface area contributed by atoms with E-state index in [9.17, 15) is 4.79 Å². The van der Waals surface area contributed by atoms with Crippen LogP contribution in [-0.4, -0.2) is 59.7 Å². The first-order valence-electron chi connectivity index (χ1n) is 11.2. The summed E-state index contributed by atoms with van der Waals surface area (Å²) < 4.78 is 2.10. The fourth-order valence-electron chi connectivity index (χ4n) is 5.93. The number of aromatic nitrogens is 1. The Kier molecular flexibility index (Phi) is 8.07. The molecule has 4 aliphatic rings. The molecule has 2 saturated heterocycles. The average Bonchev–Trinajstić information content (AvgIpc) is 2.72. The molecule has 0 amide bonds. The van der Waals surface area contributed by atoms with Gasteiger partial charge in [0.2, 0.25) is 0 Å². The lowest BCUT2D eigenvalue weighted by Crippen LogP contribution is -2.51. The highest BCUT2D eigenvalue weighted by Gasteiger charge is 2.31. The number of piperazine rings is 1. The Balaban J connectivity index is 0.00000120. The molecule has 3 fully saturated rings. The van der Waals surface area contributed by atoms with E-state index >= 15 is 0 Å². The number of hydrogen-bond acceptors (Lipinski definition) is 4. The molecule has 164 valence electrons. The molecular weight excluding hydrogens is 407 g/mol. The van der Waals surface area contributed by atoms with Crippen LogP contribution >= 0.6 is 24.8 Å². The van der Waals surface area contributed by atoms with Crippen molar-refractivity contribution in [3.8, 4) is 0 Å². The quantitative estimate of drug-likeness (QED) is 0.780. The Morgan fingerprint density at radius 3 is 2.48 bits per heavy atom. The van der Waals surface area contributed by atoms with E-state index in [4.69, 9.17) is 0 Å². The van der Waals surface area contributed by atoms with E-state index in [1.165, 1.54) is 57.3 Å². The molecule has 2 atom stereocenters. The van der Waals surface area contributed by atoms with Gasteiger partial charge in [0, 0.05) is 69.0 Å². The van der Waals surface area contributed by atoms with Crippen LogP contribution in [-0.2, 0) is 13.1 Å². The van der Waals surface area contributed by atoms with E-state index in [1.54, 1.807) is 0 Å². The predicted octanol–water partition coefficient (Wildman–Crippen LogP) is 2.85. The second-order valence-corrected chi connectivity index (χ2v) is 9.26. The van der Waals surface area contributed by atoms with Crippen molar-refractivity contribution in [1.29, 1.82) is 0 Å². The van der Waals surface area contributed by atoms with E-state index in [1.807, 2.05) is 0 Å². The van der Waals surface area contributed by atoms with Gasteiger partial charge in [-0.05, 0) is 37.8 Å². The van der Waals surface area contributed by atoms with Crippen LogP contribution in [0, 0.1) is 5.92 Å². The molecule has 0 aromatic carbocycles. The number of nitrogens with zero attached hydrogens (tertiary/aromatic N) is 3. The molecule has 3 aliphatic heterocycles. The standard InChI is InChI=1S/C22H34N4O.2ClH/c27-22-18(6-7-21-19-12-17(13-23-14-19)15-26(21)22)16-24-8-10-25(11-9-24)20-4-2-1-3-5-20;;/h6-7,17,19-20,23H,1-5,8-16H2;2*1H/t17-,19+;;/m0../s1. The summed E-state index contributed by atoms with van der Waals surface area (Å²) in [6.07, 6.45) is 8.28. The second kappa shape index (κ2) is 10.1. The third kappa shape index (κ3) is 4.85. The molecule has 4 heterocycles. The van der Waals surface area contributed by atoms with Crippen molar-refractivity contribution in [3.05, 3.63) is 33.7 Å². The van der Waals surface area contributed by atoms with Crippen LogP contribution in [0.4, 0.5) is 0 Å². The highest BCUT2D eigenvalue weighted by atomic mass is 35.5. The van der Waals surface area contributed by atoms with Gasteiger partial charge in [0.05, 0.1) is 0 Å². The van der Waals surface area contributed by atoms with Crippen LogP contribution in [0.25, 0.3) is 0 Å². The zero-order chi connectivity index (χ0) is 18.2. The minimum atomic E-state index is 0. The van der Waals surface area contributed by atoms with E-state index in [2.05, 4.69) is 31.8 Å². The lowest BCUT2D eigenvalue weighted by atomic mass is 9.84. The molecule has 0 unspecified atom stereocenters. The molecule has 0 radical (unpaired) electrons. The van der Waals surface area contributed by atoms with Gasteiger partial charge >= 0.3 is 0 Å². The number of halogens is 2. The summed E-state index contributed by atoms with van der Waals surface area (Å²) in [4.78, 5) is 18.3. The molecule has 1 aromatic rings. The van der Waals surface area contributed by atoms with Crippen LogP contribution in [0.2, 0.25) is 0 Å². The molecule has 5 rings (SSSR count). The normalized spacial score (nSPS) is 28.1. The molecule has 1 N–H and O–H groups in total. The summed E-state index contributed by atoms with van der Waals surface area (Å²) in [6.45, 7) is 8.37. The smallest absolute Gasteiger partial charge is 0.255 e. The monoisotopic (exact) mass is 442 g/mol. The van der Waals surface area contributed by atoms with Crippen LogP contribution in [0.5, 0.6) is 0 Å². The maximum Gasteiger partial charge on any atom is 0.255 e. The average molecular weight is 443 g/mol. The van der Waals surface area contributed by atoms with Gasteiger partial charge in [-0.15, -0.1) is 24.8 Å². The molecule has 5 nitrogen and oxygen atoms in total. The van der Waals surface area contributed by atoms with Crippen molar-refractivity contribution >= 4 is 24.8 Å². The number of nitrogens with one attached hydrogen (secondary N) is 1. The van der Waals surface area contributed by atoms with Crippen molar-refractivity contribution in [2.24, 2.45) is 5.92 Å². The van der Waals surface area contributed by atoms with Crippen molar-refractivity contribution in [1.82, 2.24) is 19.7 Å². The fourth-order valence-corrected chi connectivity index (χ4v) is 5.93. The summed E-state index contributed by atoms with van der Waals surface area (Å²) in [5, 5.41) is 3.53. The van der Waals surface area contributed by atoms with E-state index < -0.39 is 0 Å². The van der Waals surface area contributed by atoms with E-state index in [0.717, 1.165) is 50.9 Å². The molecule has 1 aromatic heterocycles. The molecule has 29 heavy (non-hydrogen) atoms. The number of piperidine rings is 1. The summed E-state index contributed by atoms with van der Waals surface area (Å²) in [7, 11) is 0. The SMILES string of the molecule is Cl.Cl.O=c1c(CN2CCN(C3CCCCC3)CC2)ccc2n1C[C@@H]1CNC[C@H]2C1. The molecule has 2 bridgehead atoms. The lowest BCUT2D eigenvalue weighted by molar-refractivity contribution is 0.0751. The molecular formula is C22H36Cl2N4O. The minimum absolute atomic E-state index is 0. The van der Waals surface area contributed by atoms with Gasteiger partial charge in [-0.25, -0.2) is 0 Å². The van der Waals surface area contributed by atoms with Gasteiger partial charge in [0.1, 0.15) is 0 Å². The first kappa shape index (κ1) is 23.1. The predicted molar refractivity (Wildman–Crippen MR) is 123 cm³/mol. The van der Waals surface area contributed by atoms with Gasteiger partial charge in [-0.1, -0.05) is 25.3 Å². The number of hydrogen-bond donors (Lipinski definition) is 1. The van der Waals surface area contributed by atoms with E-state index in [-0.39, 0.29) is 30.4 Å². The van der Waals surface area contributed by atoms with Crippen LogP contribution in [0.15, 0.2) is 16.9 Å². The van der Waals surface area contributed by atoms with Crippen molar-refractivity contribution in [2.75, 3.05) is 39.3 Å². The molecule has 1 aliphatic carbocycles. The maximum atomic E-state index is 13.1. The summed E-state index contributed by atoms with van der Waals surface area (Å²) in [6, 6.07) is 5.18. The van der Waals surface area contributed by atoms with Gasteiger partial charge in [0.25, 0.3) is 5.56 Å². The molecule has 0 spiro atoms. The zero-order valence-electron chi connectivity index (χ0n) is 17.4.